The van der Waals surface area contributed by atoms with E-state index in [1.165, 1.54) is 11.3 Å². The average molecular weight is 483 g/mol. The van der Waals surface area contributed by atoms with Crippen molar-refractivity contribution in [2.45, 2.75) is 32.4 Å². The van der Waals surface area contributed by atoms with Gasteiger partial charge in [-0.05, 0) is 56.8 Å². The fourth-order valence-electron chi connectivity index (χ4n) is 4.00. The molecule has 3 aromatic rings. The Labute approximate surface area is 202 Å². The normalized spacial score (nSPS) is 14.2. The molecule has 9 nitrogen and oxygen atoms in total. The lowest BCUT2D eigenvalue weighted by molar-refractivity contribution is -0.134. The zero-order chi connectivity index (χ0) is 24.2. The van der Waals surface area contributed by atoms with Crippen LogP contribution >= 0.6 is 11.3 Å². The second-order valence-corrected chi connectivity index (χ2v) is 9.87. The summed E-state index contributed by atoms with van der Waals surface area (Å²) in [6, 6.07) is 6.56. The number of carbonyl (C=O) groups is 3. The summed E-state index contributed by atoms with van der Waals surface area (Å²) < 4.78 is 0. The molecule has 0 radical (unpaired) electrons. The van der Waals surface area contributed by atoms with E-state index in [-0.39, 0.29) is 17.7 Å². The molecule has 1 aliphatic rings. The highest BCUT2D eigenvalue weighted by molar-refractivity contribution is 7.14. The standard InChI is InChI=1S/C24H30N6O3S/c1-4-18(27-22(31)15-5-6-19-16(11-15)13-26-28-19)24(33)30-9-7-20-17(14-30)12-21(34-20)23(32)25-8-10-29(2)3/h5-6,11-13,18H,4,7-10,14H2,1-3H3,(H,25,32)(H,26,28)(H,27,31)/t18-/m1/s1. The number of rotatable bonds is 8. The summed E-state index contributed by atoms with van der Waals surface area (Å²) >= 11 is 1.50. The number of nitrogens with one attached hydrogen (secondary N) is 3. The number of benzene rings is 1. The summed E-state index contributed by atoms with van der Waals surface area (Å²) in [5, 5.41) is 13.5. The molecule has 3 heterocycles. The summed E-state index contributed by atoms with van der Waals surface area (Å²) in [4.78, 5) is 44.1. The van der Waals surface area contributed by atoms with Gasteiger partial charge in [-0.3, -0.25) is 19.5 Å². The molecule has 0 spiro atoms. The van der Waals surface area contributed by atoms with Gasteiger partial charge in [-0.15, -0.1) is 11.3 Å². The lowest BCUT2D eigenvalue weighted by atomic mass is 10.1. The molecule has 1 aliphatic heterocycles. The van der Waals surface area contributed by atoms with E-state index in [4.69, 9.17) is 0 Å². The van der Waals surface area contributed by atoms with E-state index in [0.29, 0.717) is 42.9 Å². The van der Waals surface area contributed by atoms with Gasteiger partial charge in [0.2, 0.25) is 5.91 Å². The van der Waals surface area contributed by atoms with E-state index in [0.717, 1.165) is 27.9 Å². The van der Waals surface area contributed by atoms with Crippen LogP contribution < -0.4 is 10.6 Å². The molecule has 2 aromatic heterocycles. The van der Waals surface area contributed by atoms with Crippen LogP contribution in [0.5, 0.6) is 0 Å². The first kappa shape index (κ1) is 23.9. The predicted molar refractivity (Wildman–Crippen MR) is 132 cm³/mol. The predicted octanol–water partition coefficient (Wildman–Crippen LogP) is 2.01. The minimum atomic E-state index is -0.610. The summed E-state index contributed by atoms with van der Waals surface area (Å²) in [6.45, 7) is 4.27. The monoisotopic (exact) mass is 482 g/mol. The van der Waals surface area contributed by atoms with E-state index in [9.17, 15) is 14.4 Å². The third-order valence-corrected chi connectivity index (χ3v) is 7.20. The van der Waals surface area contributed by atoms with Gasteiger partial charge < -0.3 is 20.4 Å². The first-order valence-electron chi connectivity index (χ1n) is 11.4. The molecule has 1 atom stereocenters. The Kier molecular flexibility index (Phi) is 7.28. The van der Waals surface area contributed by atoms with E-state index in [1.54, 1.807) is 29.3 Å². The van der Waals surface area contributed by atoms with Crippen LogP contribution in [-0.4, -0.2) is 77.5 Å². The number of carbonyl (C=O) groups excluding carboxylic acids is 3. The van der Waals surface area contributed by atoms with E-state index >= 15 is 0 Å². The smallest absolute Gasteiger partial charge is 0.261 e. The van der Waals surface area contributed by atoms with Gasteiger partial charge in [-0.2, -0.15) is 5.10 Å². The zero-order valence-electron chi connectivity index (χ0n) is 19.7. The molecule has 0 aliphatic carbocycles. The number of aromatic amines is 1. The van der Waals surface area contributed by atoms with Crippen LogP contribution in [0, 0.1) is 0 Å². The Morgan fingerprint density at radius 1 is 1.24 bits per heavy atom. The maximum absolute atomic E-state index is 13.2. The molecule has 0 bridgehead atoms. The fourth-order valence-corrected chi connectivity index (χ4v) is 5.08. The van der Waals surface area contributed by atoms with Gasteiger partial charge in [0.05, 0.1) is 16.6 Å². The van der Waals surface area contributed by atoms with Crippen molar-refractivity contribution in [3.8, 4) is 0 Å². The van der Waals surface area contributed by atoms with E-state index in [1.807, 2.05) is 32.0 Å². The lowest BCUT2D eigenvalue weighted by Gasteiger charge is -2.30. The SMILES string of the molecule is CC[C@@H](NC(=O)c1ccc2[nH]ncc2c1)C(=O)N1CCc2sc(C(=O)NCCN(C)C)cc2C1. The molecule has 3 amide bonds. The summed E-state index contributed by atoms with van der Waals surface area (Å²) in [5.41, 5.74) is 2.35. The number of likely N-dealkylation sites (N-methyl/N-ethyl adjacent to an activating group) is 1. The molecule has 0 unspecified atom stereocenters. The highest BCUT2D eigenvalue weighted by Crippen LogP contribution is 2.28. The molecule has 0 saturated heterocycles. The van der Waals surface area contributed by atoms with Crippen LogP contribution in [0.25, 0.3) is 10.9 Å². The molecule has 180 valence electrons. The Morgan fingerprint density at radius 2 is 2.06 bits per heavy atom. The maximum atomic E-state index is 13.2. The number of H-pyrrole nitrogens is 1. The largest absolute Gasteiger partial charge is 0.350 e. The molecule has 0 saturated carbocycles. The van der Waals surface area contributed by atoms with Crippen molar-refractivity contribution in [3.63, 3.8) is 0 Å². The highest BCUT2D eigenvalue weighted by Gasteiger charge is 2.29. The quantitative estimate of drug-likeness (QED) is 0.455. The topological polar surface area (TPSA) is 110 Å². The Balaban J connectivity index is 1.38. The van der Waals surface area contributed by atoms with Gasteiger partial charge in [-0.25, -0.2) is 0 Å². The van der Waals surface area contributed by atoms with Crippen molar-refractivity contribution in [2.75, 3.05) is 33.7 Å². The molecular formula is C24H30N6O3S. The van der Waals surface area contributed by atoms with Crippen molar-refractivity contribution in [1.82, 2.24) is 30.6 Å². The van der Waals surface area contributed by atoms with Gasteiger partial charge in [0.15, 0.2) is 0 Å². The molecule has 34 heavy (non-hydrogen) atoms. The first-order chi connectivity index (χ1) is 16.4. The molecule has 10 heteroatoms. The van der Waals surface area contributed by atoms with Crippen LogP contribution in [0.3, 0.4) is 0 Å². The van der Waals surface area contributed by atoms with Crippen molar-refractivity contribution in [3.05, 3.63) is 51.3 Å². The second-order valence-electron chi connectivity index (χ2n) is 8.73. The number of hydrogen-bond donors (Lipinski definition) is 3. The van der Waals surface area contributed by atoms with Gasteiger partial charge in [0.25, 0.3) is 11.8 Å². The van der Waals surface area contributed by atoms with E-state index < -0.39 is 6.04 Å². The van der Waals surface area contributed by atoms with Crippen LogP contribution in [0.15, 0.2) is 30.5 Å². The van der Waals surface area contributed by atoms with Crippen LogP contribution in [0.1, 0.15) is 43.8 Å². The Hall–Kier alpha value is -3.24. The molecule has 4 rings (SSSR count). The number of nitrogens with zero attached hydrogens (tertiary/aromatic N) is 3. The highest BCUT2D eigenvalue weighted by atomic mass is 32.1. The van der Waals surface area contributed by atoms with Gasteiger partial charge >= 0.3 is 0 Å². The van der Waals surface area contributed by atoms with Crippen LogP contribution in [-0.2, 0) is 17.8 Å². The Morgan fingerprint density at radius 3 is 2.82 bits per heavy atom. The maximum Gasteiger partial charge on any atom is 0.261 e. The van der Waals surface area contributed by atoms with E-state index in [2.05, 4.69) is 20.8 Å². The second kappa shape index (κ2) is 10.4. The third-order valence-electron chi connectivity index (χ3n) is 5.96. The van der Waals surface area contributed by atoms with Gasteiger partial charge in [0.1, 0.15) is 6.04 Å². The fraction of sp³-hybridized carbons (Fsp3) is 0.417. The average Bonchev–Trinajstić information content (AvgIpc) is 3.47. The molecule has 1 aromatic carbocycles. The van der Waals surface area contributed by atoms with Crippen molar-refractivity contribution < 1.29 is 14.4 Å². The van der Waals surface area contributed by atoms with Crippen molar-refractivity contribution >= 4 is 40.0 Å². The molecular weight excluding hydrogens is 452 g/mol. The number of aromatic nitrogens is 2. The minimum absolute atomic E-state index is 0.0765. The number of fused-ring (bicyclic) bond motifs is 2. The summed E-state index contributed by atoms with van der Waals surface area (Å²) in [6.07, 6.45) is 2.86. The minimum Gasteiger partial charge on any atom is -0.350 e. The number of hydrogen-bond acceptors (Lipinski definition) is 6. The number of thiophene rings is 1. The van der Waals surface area contributed by atoms with Gasteiger partial charge in [0, 0.05) is 42.0 Å². The number of amides is 3. The zero-order valence-corrected chi connectivity index (χ0v) is 20.5. The first-order valence-corrected chi connectivity index (χ1v) is 12.2. The molecule has 3 N–H and O–H groups in total. The van der Waals surface area contributed by atoms with Gasteiger partial charge in [-0.1, -0.05) is 6.92 Å². The third kappa shape index (κ3) is 5.28. The van der Waals surface area contributed by atoms with Crippen LogP contribution in [0.4, 0.5) is 0 Å². The van der Waals surface area contributed by atoms with Crippen molar-refractivity contribution in [1.29, 1.82) is 0 Å². The van der Waals surface area contributed by atoms with Crippen molar-refractivity contribution in [2.24, 2.45) is 0 Å². The Bertz CT molecular complexity index is 1200. The lowest BCUT2D eigenvalue weighted by Crippen LogP contribution is -2.49. The molecule has 0 fully saturated rings. The van der Waals surface area contributed by atoms with Crippen LogP contribution in [0.2, 0.25) is 0 Å². The summed E-state index contributed by atoms with van der Waals surface area (Å²) in [7, 11) is 3.93. The summed E-state index contributed by atoms with van der Waals surface area (Å²) in [5.74, 6) is -0.463.